The molecule has 1 N–H and O–H groups in total. The maximum Gasteiger partial charge on any atom is 0.124 e. The molecule has 106 valence electrons. The fourth-order valence-corrected chi connectivity index (χ4v) is 2.67. The summed E-state index contributed by atoms with van der Waals surface area (Å²) < 4.78 is 6.18. The van der Waals surface area contributed by atoms with Crippen LogP contribution in [0.1, 0.15) is 51.5 Å². The number of hydrogen-bond acceptors (Lipinski definition) is 2. The molecule has 0 heterocycles. The van der Waals surface area contributed by atoms with E-state index in [2.05, 4.69) is 19.2 Å². The van der Waals surface area contributed by atoms with Crippen molar-refractivity contribution >= 4 is 11.6 Å². The number of halogens is 1. The smallest absolute Gasteiger partial charge is 0.124 e. The van der Waals surface area contributed by atoms with Crippen molar-refractivity contribution in [2.24, 2.45) is 0 Å². The molecule has 1 saturated carbocycles. The van der Waals surface area contributed by atoms with Gasteiger partial charge in [-0.2, -0.15) is 0 Å². The average molecular weight is 282 g/mol. The summed E-state index contributed by atoms with van der Waals surface area (Å²) in [5, 5.41) is 4.20. The maximum absolute atomic E-state index is 6.18. The topological polar surface area (TPSA) is 21.3 Å². The van der Waals surface area contributed by atoms with Gasteiger partial charge < -0.3 is 10.1 Å². The van der Waals surface area contributed by atoms with Crippen LogP contribution in [-0.4, -0.2) is 12.1 Å². The number of hydrogen-bond donors (Lipinski definition) is 1. The monoisotopic (exact) mass is 281 g/mol. The molecule has 2 nitrogen and oxygen atoms in total. The largest absolute Gasteiger partial charge is 0.490 e. The summed E-state index contributed by atoms with van der Waals surface area (Å²) in [7, 11) is 0. The van der Waals surface area contributed by atoms with Crippen LogP contribution in [0.15, 0.2) is 18.2 Å². The van der Waals surface area contributed by atoms with Crippen LogP contribution in [0.4, 0.5) is 0 Å². The first kappa shape index (κ1) is 14.7. The van der Waals surface area contributed by atoms with E-state index in [1.54, 1.807) is 0 Å². The van der Waals surface area contributed by atoms with Gasteiger partial charge in [0.1, 0.15) is 5.75 Å². The molecule has 19 heavy (non-hydrogen) atoms. The molecule has 0 spiro atoms. The number of benzene rings is 1. The van der Waals surface area contributed by atoms with Crippen molar-refractivity contribution in [3.63, 3.8) is 0 Å². The van der Waals surface area contributed by atoms with Gasteiger partial charge in [-0.05, 0) is 43.9 Å². The first-order valence-corrected chi connectivity index (χ1v) is 7.71. The summed E-state index contributed by atoms with van der Waals surface area (Å²) in [5.41, 5.74) is 1.16. The molecule has 3 heteroatoms. The molecule has 0 atom stereocenters. The van der Waals surface area contributed by atoms with E-state index in [1.807, 2.05) is 18.2 Å². The Bertz CT molecular complexity index is 400. The summed E-state index contributed by atoms with van der Waals surface area (Å²) in [6.45, 7) is 5.10. The Labute approximate surface area is 121 Å². The molecule has 0 aromatic heterocycles. The Morgan fingerprint density at radius 2 is 2.00 bits per heavy atom. The lowest BCUT2D eigenvalue weighted by Crippen LogP contribution is -2.24. The molecule has 1 aromatic carbocycles. The van der Waals surface area contributed by atoms with Crippen LogP contribution in [0.3, 0.4) is 0 Å². The van der Waals surface area contributed by atoms with Gasteiger partial charge >= 0.3 is 0 Å². The zero-order chi connectivity index (χ0) is 13.7. The predicted octanol–water partition coefficient (Wildman–Crippen LogP) is 4.55. The maximum atomic E-state index is 6.18. The van der Waals surface area contributed by atoms with E-state index in [0.717, 1.165) is 22.9 Å². The van der Waals surface area contributed by atoms with Crippen LogP contribution in [-0.2, 0) is 6.54 Å². The molecule has 0 bridgehead atoms. The molecule has 1 fully saturated rings. The fraction of sp³-hybridized carbons (Fsp3) is 0.625. The second-order valence-corrected chi connectivity index (χ2v) is 6.10. The summed E-state index contributed by atoms with van der Waals surface area (Å²) in [6.07, 6.45) is 6.67. The normalized spacial score (nSPS) is 16.8. The Hall–Kier alpha value is -0.730. The van der Waals surface area contributed by atoms with E-state index in [4.69, 9.17) is 16.3 Å². The van der Waals surface area contributed by atoms with Crippen LogP contribution in [0, 0.1) is 0 Å². The summed E-state index contributed by atoms with van der Waals surface area (Å²) >= 11 is 6.09. The third-order valence-corrected chi connectivity index (χ3v) is 3.80. The van der Waals surface area contributed by atoms with Gasteiger partial charge in [-0.25, -0.2) is 0 Å². The highest BCUT2D eigenvalue weighted by Gasteiger charge is 2.16. The van der Waals surface area contributed by atoms with Crippen LogP contribution in [0.5, 0.6) is 5.75 Å². The van der Waals surface area contributed by atoms with E-state index in [9.17, 15) is 0 Å². The van der Waals surface area contributed by atoms with E-state index in [-0.39, 0.29) is 0 Å². The van der Waals surface area contributed by atoms with Crippen molar-refractivity contribution in [2.75, 3.05) is 0 Å². The van der Waals surface area contributed by atoms with E-state index in [1.165, 1.54) is 32.1 Å². The number of ether oxygens (including phenoxy) is 1. The lowest BCUT2D eigenvalue weighted by molar-refractivity contribution is 0.153. The van der Waals surface area contributed by atoms with Crippen LogP contribution >= 0.6 is 11.6 Å². The van der Waals surface area contributed by atoms with E-state index in [0.29, 0.717) is 12.1 Å². The average Bonchev–Trinajstić information content (AvgIpc) is 2.40. The highest BCUT2D eigenvalue weighted by atomic mass is 35.5. The van der Waals surface area contributed by atoms with Gasteiger partial charge in [0.15, 0.2) is 0 Å². The van der Waals surface area contributed by atoms with Crippen molar-refractivity contribution in [2.45, 2.75) is 64.6 Å². The highest BCUT2D eigenvalue weighted by molar-refractivity contribution is 6.30. The Morgan fingerprint density at radius 3 is 2.68 bits per heavy atom. The van der Waals surface area contributed by atoms with Crippen molar-refractivity contribution in [3.8, 4) is 5.75 Å². The van der Waals surface area contributed by atoms with E-state index >= 15 is 0 Å². The van der Waals surface area contributed by atoms with Crippen molar-refractivity contribution in [3.05, 3.63) is 28.8 Å². The molecule has 0 amide bonds. The molecule has 1 aromatic rings. The minimum absolute atomic E-state index is 0.382. The fourth-order valence-electron chi connectivity index (χ4n) is 2.48. The van der Waals surface area contributed by atoms with Crippen LogP contribution in [0.25, 0.3) is 0 Å². The van der Waals surface area contributed by atoms with E-state index < -0.39 is 0 Å². The summed E-state index contributed by atoms with van der Waals surface area (Å²) in [4.78, 5) is 0. The second kappa shape index (κ2) is 7.16. The molecule has 0 saturated heterocycles. The highest BCUT2D eigenvalue weighted by Crippen LogP contribution is 2.28. The third kappa shape index (κ3) is 4.70. The zero-order valence-corrected chi connectivity index (χ0v) is 12.7. The van der Waals surface area contributed by atoms with Crippen molar-refractivity contribution in [1.82, 2.24) is 5.32 Å². The van der Waals surface area contributed by atoms with Crippen LogP contribution < -0.4 is 10.1 Å². The zero-order valence-electron chi connectivity index (χ0n) is 11.9. The molecular weight excluding hydrogens is 258 g/mol. The van der Waals surface area contributed by atoms with Crippen molar-refractivity contribution in [1.29, 1.82) is 0 Å². The predicted molar refractivity (Wildman–Crippen MR) is 80.9 cm³/mol. The van der Waals surface area contributed by atoms with Gasteiger partial charge in [-0.15, -0.1) is 0 Å². The van der Waals surface area contributed by atoms with Gasteiger partial charge in [0, 0.05) is 23.2 Å². The molecule has 0 aliphatic heterocycles. The molecule has 1 aliphatic rings. The second-order valence-electron chi connectivity index (χ2n) is 5.67. The van der Waals surface area contributed by atoms with Gasteiger partial charge in [-0.1, -0.05) is 31.9 Å². The quantitative estimate of drug-likeness (QED) is 0.855. The van der Waals surface area contributed by atoms with Gasteiger partial charge in [0.05, 0.1) is 6.10 Å². The Kier molecular flexibility index (Phi) is 5.53. The minimum Gasteiger partial charge on any atom is -0.490 e. The van der Waals surface area contributed by atoms with Crippen LogP contribution in [0.2, 0.25) is 5.02 Å². The Balaban J connectivity index is 2.04. The lowest BCUT2D eigenvalue weighted by Gasteiger charge is -2.24. The van der Waals surface area contributed by atoms with Gasteiger partial charge in [-0.3, -0.25) is 0 Å². The molecule has 1 aliphatic carbocycles. The summed E-state index contributed by atoms with van der Waals surface area (Å²) in [6, 6.07) is 6.39. The molecular formula is C16H24ClNO. The number of nitrogens with one attached hydrogen (secondary N) is 1. The molecule has 0 unspecified atom stereocenters. The number of rotatable bonds is 5. The third-order valence-electron chi connectivity index (χ3n) is 3.57. The lowest BCUT2D eigenvalue weighted by atomic mass is 9.97. The minimum atomic E-state index is 0.382. The first-order valence-electron chi connectivity index (χ1n) is 7.33. The molecule has 0 radical (unpaired) electrons. The molecule has 2 rings (SSSR count). The SMILES string of the molecule is CC(C)NCc1cc(Cl)ccc1OC1CCCCC1. The van der Waals surface area contributed by atoms with Gasteiger partial charge in [0.2, 0.25) is 0 Å². The Morgan fingerprint density at radius 1 is 1.26 bits per heavy atom. The van der Waals surface area contributed by atoms with Crippen molar-refractivity contribution < 1.29 is 4.74 Å². The first-order chi connectivity index (χ1) is 9.15. The standard InChI is InChI=1S/C16H24ClNO/c1-12(2)18-11-13-10-14(17)8-9-16(13)19-15-6-4-3-5-7-15/h8-10,12,15,18H,3-7,11H2,1-2H3. The van der Waals surface area contributed by atoms with Gasteiger partial charge in [0.25, 0.3) is 0 Å². The summed E-state index contributed by atoms with van der Waals surface area (Å²) in [5.74, 6) is 0.990.